The molecule has 2 unspecified atom stereocenters. The summed E-state index contributed by atoms with van der Waals surface area (Å²) in [5.41, 5.74) is 0.903. The number of carbonyl (C=O) groups is 1. The lowest BCUT2D eigenvalue weighted by Gasteiger charge is -2.39. The Kier molecular flexibility index (Phi) is 6.57. The van der Waals surface area contributed by atoms with Crippen LogP contribution in [0.4, 0.5) is 0 Å². The Balaban J connectivity index is 1.27. The van der Waals surface area contributed by atoms with Crippen LogP contribution >= 0.6 is 11.3 Å². The van der Waals surface area contributed by atoms with E-state index in [2.05, 4.69) is 28.8 Å². The van der Waals surface area contributed by atoms with Crippen LogP contribution in [0.25, 0.3) is 16.4 Å². The van der Waals surface area contributed by atoms with Crippen LogP contribution in [0.15, 0.2) is 47.8 Å². The second-order valence-corrected chi connectivity index (χ2v) is 10.1. The van der Waals surface area contributed by atoms with Crippen molar-refractivity contribution in [1.82, 2.24) is 24.6 Å². The largest absolute Gasteiger partial charge is 0.373 e. The lowest BCUT2D eigenvalue weighted by Crippen LogP contribution is -2.48. The fourth-order valence-corrected chi connectivity index (χ4v) is 5.67. The van der Waals surface area contributed by atoms with Gasteiger partial charge in [-0.15, -0.1) is 16.4 Å². The molecule has 0 N–H and O–H groups in total. The summed E-state index contributed by atoms with van der Waals surface area (Å²) in [5.74, 6) is 1.53. The van der Waals surface area contributed by atoms with E-state index in [1.807, 2.05) is 52.7 Å². The third-order valence-corrected chi connectivity index (χ3v) is 7.32. The molecule has 8 heteroatoms. The molecule has 2 aliphatic heterocycles. The van der Waals surface area contributed by atoms with Crippen LogP contribution in [0.5, 0.6) is 0 Å². The Hall–Kier alpha value is -2.55. The van der Waals surface area contributed by atoms with Crippen molar-refractivity contribution in [3.63, 3.8) is 0 Å². The number of amides is 1. The maximum Gasteiger partial charge on any atom is 0.293 e. The van der Waals surface area contributed by atoms with E-state index in [9.17, 15) is 4.79 Å². The lowest BCUT2D eigenvalue weighted by atomic mass is 9.95. The molecular weight excluding hydrogens is 434 g/mol. The van der Waals surface area contributed by atoms with E-state index in [1.165, 1.54) is 0 Å². The number of likely N-dealkylation sites (tertiary alicyclic amines) is 1. The minimum absolute atomic E-state index is 0.0745. The Morgan fingerprint density at radius 3 is 2.45 bits per heavy atom. The molecule has 0 aliphatic carbocycles. The zero-order valence-electron chi connectivity index (χ0n) is 19.3. The first-order valence-electron chi connectivity index (χ1n) is 11.8. The van der Waals surface area contributed by atoms with Gasteiger partial charge in [-0.2, -0.15) is 0 Å². The van der Waals surface area contributed by atoms with Crippen molar-refractivity contribution in [2.45, 2.75) is 38.9 Å². The van der Waals surface area contributed by atoms with Crippen molar-refractivity contribution >= 4 is 17.2 Å². The molecule has 2 fully saturated rings. The number of aromatic nitrogens is 3. The zero-order chi connectivity index (χ0) is 22.8. The SMILES string of the molecule is CC1CN(CC2CCN(C(=O)c3nc(-c4cccs4)n(-c4ccccc4)n3)CC2)CC(C)O1. The van der Waals surface area contributed by atoms with E-state index in [4.69, 9.17) is 4.74 Å². The van der Waals surface area contributed by atoms with Crippen molar-refractivity contribution in [1.29, 1.82) is 0 Å². The molecule has 2 aromatic heterocycles. The van der Waals surface area contributed by atoms with E-state index in [1.54, 1.807) is 16.0 Å². The van der Waals surface area contributed by atoms with Crippen molar-refractivity contribution in [3.8, 4) is 16.4 Å². The Bertz CT molecular complexity index is 1050. The molecule has 3 aromatic rings. The normalized spacial score (nSPS) is 22.5. The van der Waals surface area contributed by atoms with Gasteiger partial charge in [-0.05, 0) is 56.2 Å². The van der Waals surface area contributed by atoms with Gasteiger partial charge in [-0.3, -0.25) is 9.69 Å². The predicted molar refractivity (Wildman–Crippen MR) is 130 cm³/mol. The Labute approximate surface area is 199 Å². The van der Waals surface area contributed by atoms with Gasteiger partial charge >= 0.3 is 0 Å². The van der Waals surface area contributed by atoms with Crippen LogP contribution in [0.2, 0.25) is 0 Å². The van der Waals surface area contributed by atoms with Gasteiger partial charge in [-0.25, -0.2) is 9.67 Å². The molecule has 2 aliphatic rings. The number of hydrogen-bond acceptors (Lipinski definition) is 6. The summed E-state index contributed by atoms with van der Waals surface area (Å²) in [6, 6.07) is 13.9. The number of hydrogen-bond donors (Lipinski definition) is 0. The maximum absolute atomic E-state index is 13.3. The summed E-state index contributed by atoms with van der Waals surface area (Å²) in [4.78, 5) is 23.4. The monoisotopic (exact) mass is 465 g/mol. The molecule has 2 atom stereocenters. The summed E-state index contributed by atoms with van der Waals surface area (Å²) in [5, 5.41) is 6.66. The summed E-state index contributed by atoms with van der Waals surface area (Å²) in [6.07, 6.45) is 2.61. The van der Waals surface area contributed by atoms with Gasteiger partial charge in [-0.1, -0.05) is 24.3 Å². The fourth-order valence-electron chi connectivity index (χ4n) is 4.98. The average molecular weight is 466 g/mol. The first-order chi connectivity index (χ1) is 16.1. The third-order valence-electron chi connectivity index (χ3n) is 6.45. The molecule has 0 spiro atoms. The Morgan fingerprint density at radius 2 is 1.79 bits per heavy atom. The molecule has 33 heavy (non-hydrogen) atoms. The first-order valence-corrected chi connectivity index (χ1v) is 12.7. The van der Waals surface area contributed by atoms with Crippen LogP contribution < -0.4 is 0 Å². The number of thiophene rings is 1. The topological polar surface area (TPSA) is 63.5 Å². The van der Waals surface area contributed by atoms with Gasteiger partial charge in [0, 0.05) is 32.7 Å². The molecule has 4 heterocycles. The third kappa shape index (κ3) is 5.03. The number of benzene rings is 1. The maximum atomic E-state index is 13.3. The summed E-state index contributed by atoms with van der Waals surface area (Å²) in [7, 11) is 0. The number of carbonyl (C=O) groups excluding carboxylic acids is 1. The second kappa shape index (κ2) is 9.75. The van der Waals surface area contributed by atoms with Gasteiger partial charge in [0.15, 0.2) is 5.82 Å². The molecule has 0 bridgehead atoms. The summed E-state index contributed by atoms with van der Waals surface area (Å²) < 4.78 is 7.65. The highest BCUT2D eigenvalue weighted by molar-refractivity contribution is 7.13. The summed E-state index contributed by atoms with van der Waals surface area (Å²) in [6.45, 7) is 8.89. The van der Waals surface area contributed by atoms with E-state index < -0.39 is 0 Å². The zero-order valence-corrected chi connectivity index (χ0v) is 20.1. The molecule has 174 valence electrons. The molecular formula is C25H31N5O2S. The molecule has 0 saturated carbocycles. The van der Waals surface area contributed by atoms with E-state index in [-0.39, 0.29) is 11.7 Å². The van der Waals surface area contributed by atoms with Crippen LogP contribution in [-0.2, 0) is 4.74 Å². The van der Waals surface area contributed by atoms with E-state index >= 15 is 0 Å². The first kappa shape index (κ1) is 22.3. The standard InChI is InChI=1S/C25H31N5O2S/c1-18-15-28(16-19(2)32-18)17-20-10-12-29(13-11-20)25(31)23-26-24(22-9-6-14-33-22)30(27-23)21-7-4-3-5-8-21/h3-9,14,18-20H,10-13,15-17H2,1-2H3. The summed E-state index contributed by atoms with van der Waals surface area (Å²) >= 11 is 1.60. The smallest absolute Gasteiger partial charge is 0.293 e. The quantitative estimate of drug-likeness (QED) is 0.571. The van der Waals surface area contributed by atoms with Gasteiger partial charge < -0.3 is 9.64 Å². The predicted octanol–water partition coefficient (Wildman–Crippen LogP) is 3.96. The van der Waals surface area contributed by atoms with E-state index in [0.29, 0.717) is 24.0 Å². The van der Waals surface area contributed by atoms with Crippen molar-refractivity contribution < 1.29 is 9.53 Å². The van der Waals surface area contributed by atoms with Gasteiger partial charge in [0.1, 0.15) is 0 Å². The Morgan fingerprint density at radius 1 is 1.06 bits per heavy atom. The van der Waals surface area contributed by atoms with Crippen LogP contribution in [0.1, 0.15) is 37.3 Å². The number of para-hydroxylation sites is 1. The molecule has 1 aromatic carbocycles. The molecule has 0 radical (unpaired) electrons. The lowest BCUT2D eigenvalue weighted by molar-refractivity contribution is -0.0729. The minimum Gasteiger partial charge on any atom is -0.373 e. The molecule has 1 amide bonds. The van der Waals surface area contributed by atoms with Gasteiger partial charge in [0.05, 0.1) is 22.8 Å². The highest BCUT2D eigenvalue weighted by Gasteiger charge is 2.30. The number of morpholine rings is 1. The van der Waals surface area contributed by atoms with E-state index in [0.717, 1.165) is 56.1 Å². The molecule has 5 rings (SSSR count). The highest BCUT2D eigenvalue weighted by atomic mass is 32.1. The number of piperidine rings is 1. The fraction of sp³-hybridized carbons (Fsp3) is 0.480. The average Bonchev–Trinajstić information content (AvgIpc) is 3.49. The molecule has 7 nitrogen and oxygen atoms in total. The van der Waals surface area contributed by atoms with Crippen LogP contribution in [0, 0.1) is 5.92 Å². The number of rotatable bonds is 5. The van der Waals surface area contributed by atoms with Crippen LogP contribution in [-0.4, -0.2) is 75.4 Å². The highest BCUT2D eigenvalue weighted by Crippen LogP contribution is 2.27. The minimum atomic E-state index is -0.0745. The van der Waals surface area contributed by atoms with Gasteiger partial charge in [0.2, 0.25) is 5.82 Å². The van der Waals surface area contributed by atoms with Crippen molar-refractivity contribution in [3.05, 3.63) is 53.7 Å². The van der Waals surface area contributed by atoms with Gasteiger partial charge in [0.25, 0.3) is 5.91 Å². The van der Waals surface area contributed by atoms with Crippen molar-refractivity contribution in [2.75, 3.05) is 32.7 Å². The number of ether oxygens (including phenoxy) is 1. The van der Waals surface area contributed by atoms with Crippen LogP contribution in [0.3, 0.4) is 0 Å². The molecule has 2 saturated heterocycles. The number of nitrogens with zero attached hydrogens (tertiary/aromatic N) is 5. The second-order valence-electron chi connectivity index (χ2n) is 9.20. The van der Waals surface area contributed by atoms with Crippen molar-refractivity contribution in [2.24, 2.45) is 5.92 Å².